The third-order valence-electron chi connectivity index (χ3n) is 3.56. The van der Waals surface area contributed by atoms with Crippen LogP contribution in [0.2, 0.25) is 0 Å². The molecule has 5 nitrogen and oxygen atoms in total. The maximum absolute atomic E-state index is 12.3. The van der Waals surface area contributed by atoms with E-state index in [0.29, 0.717) is 18.8 Å². The van der Waals surface area contributed by atoms with E-state index in [4.69, 9.17) is 9.15 Å². The van der Waals surface area contributed by atoms with Gasteiger partial charge in [-0.1, -0.05) is 30.3 Å². The van der Waals surface area contributed by atoms with Gasteiger partial charge in [0.2, 0.25) is 5.89 Å². The molecule has 112 valence electrons. The number of oxazole rings is 1. The molecule has 0 amide bonds. The number of rotatable bonds is 4. The molecule has 0 bridgehead atoms. The van der Waals surface area contributed by atoms with Crippen molar-refractivity contribution in [2.24, 2.45) is 0 Å². The molecule has 0 N–H and O–H groups in total. The summed E-state index contributed by atoms with van der Waals surface area (Å²) in [5, 5.41) is -0.446. The standard InChI is InChI=1S/C15H17NO4S/c17-21(18,13-7-4-8-19-10-13)11-15-16-9-14(20-15)12-5-2-1-3-6-12/h1-3,5-6,9,13H,4,7-8,10-11H2/t13-/m0/s1. The van der Waals surface area contributed by atoms with Crippen LogP contribution < -0.4 is 0 Å². The minimum Gasteiger partial charge on any atom is -0.440 e. The van der Waals surface area contributed by atoms with E-state index in [1.165, 1.54) is 0 Å². The number of sulfone groups is 1. The minimum absolute atomic E-state index is 0.173. The second kappa shape index (κ2) is 5.99. The van der Waals surface area contributed by atoms with Gasteiger partial charge in [-0.3, -0.25) is 0 Å². The predicted molar refractivity (Wildman–Crippen MR) is 78.4 cm³/mol. The van der Waals surface area contributed by atoms with Crippen molar-refractivity contribution in [3.05, 3.63) is 42.4 Å². The van der Waals surface area contributed by atoms with Gasteiger partial charge in [-0.15, -0.1) is 0 Å². The van der Waals surface area contributed by atoms with E-state index in [9.17, 15) is 8.42 Å². The molecular weight excluding hydrogens is 290 g/mol. The van der Waals surface area contributed by atoms with Gasteiger partial charge in [0.15, 0.2) is 15.6 Å². The summed E-state index contributed by atoms with van der Waals surface area (Å²) in [6.45, 7) is 0.914. The van der Waals surface area contributed by atoms with E-state index in [1.807, 2.05) is 30.3 Å². The Labute approximate surface area is 123 Å². The zero-order valence-electron chi connectivity index (χ0n) is 11.6. The quantitative estimate of drug-likeness (QED) is 0.867. The smallest absolute Gasteiger partial charge is 0.210 e. The van der Waals surface area contributed by atoms with Gasteiger partial charge in [0, 0.05) is 12.2 Å². The van der Waals surface area contributed by atoms with Crippen molar-refractivity contribution >= 4 is 9.84 Å². The van der Waals surface area contributed by atoms with Crippen LogP contribution in [-0.4, -0.2) is 31.9 Å². The van der Waals surface area contributed by atoms with E-state index in [1.54, 1.807) is 6.20 Å². The molecule has 21 heavy (non-hydrogen) atoms. The average molecular weight is 307 g/mol. The van der Waals surface area contributed by atoms with Gasteiger partial charge in [-0.2, -0.15) is 0 Å². The molecule has 2 heterocycles. The first-order valence-electron chi connectivity index (χ1n) is 6.94. The summed E-state index contributed by atoms with van der Waals surface area (Å²) in [6, 6.07) is 9.50. The maximum atomic E-state index is 12.3. The van der Waals surface area contributed by atoms with E-state index in [-0.39, 0.29) is 18.3 Å². The fourth-order valence-electron chi connectivity index (χ4n) is 2.40. The highest BCUT2D eigenvalue weighted by Crippen LogP contribution is 2.23. The molecule has 2 aromatic rings. The Bertz CT molecular complexity index is 687. The van der Waals surface area contributed by atoms with Crippen molar-refractivity contribution < 1.29 is 17.6 Å². The second-order valence-electron chi connectivity index (χ2n) is 5.13. The van der Waals surface area contributed by atoms with E-state index >= 15 is 0 Å². The Morgan fingerprint density at radius 3 is 2.76 bits per heavy atom. The Balaban J connectivity index is 1.75. The molecule has 0 aliphatic carbocycles. The van der Waals surface area contributed by atoms with E-state index < -0.39 is 15.1 Å². The first-order valence-corrected chi connectivity index (χ1v) is 8.66. The molecule has 0 spiro atoms. The van der Waals surface area contributed by atoms with E-state index in [2.05, 4.69) is 4.98 Å². The summed E-state index contributed by atoms with van der Waals surface area (Å²) in [5.74, 6) is 0.647. The monoisotopic (exact) mass is 307 g/mol. The molecule has 1 fully saturated rings. The molecule has 1 saturated heterocycles. The van der Waals surface area contributed by atoms with Crippen LogP contribution in [-0.2, 0) is 20.3 Å². The Kier molecular flexibility index (Phi) is 4.07. The molecule has 1 aliphatic rings. The number of hydrogen-bond donors (Lipinski definition) is 0. The molecule has 1 aromatic heterocycles. The molecular formula is C15H17NO4S. The van der Waals surface area contributed by atoms with Crippen LogP contribution in [0.1, 0.15) is 18.7 Å². The lowest BCUT2D eigenvalue weighted by atomic mass is 10.2. The van der Waals surface area contributed by atoms with Gasteiger partial charge in [0.05, 0.1) is 18.1 Å². The summed E-state index contributed by atoms with van der Waals surface area (Å²) in [7, 11) is -3.29. The molecule has 0 saturated carbocycles. The first kappa shape index (κ1) is 14.3. The Morgan fingerprint density at radius 1 is 1.24 bits per heavy atom. The van der Waals surface area contributed by atoms with Crippen molar-refractivity contribution in [2.75, 3.05) is 13.2 Å². The molecule has 3 rings (SSSR count). The van der Waals surface area contributed by atoms with Crippen molar-refractivity contribution in [3.8, 4) is 11.3 Å². The molecule has 1 aliphatic heterocycles. The topological polar surface area (TPSA) is 69.4 Å². The molecule has 1 atom stereocenters. The van der Waals surface area contributed by atoms with Crippen LogP contribution in [0.25, 0.3) is 11.3 Å². The van der Waals surface area contributed by atoms with Gasteiger partial charge in [-0.25, -0.2) is 13.4 Å². The summed E-state index contributed by atoms with van der Waals surface area (Å²) in [4.78, 5) is 4.09. The third-order valence-corrected chi connectivity index (χ3v) is 5.60. The Morgan fingerprint density at radius 2 is 2.05 bits per heavy atom. The van der Waals surface area contributed by atoms with Crippen LogP contribution in [0.4, 0.5) is 0 Å². The van der Waals surface area contributed by atoms with Crippen LogP contribution in [0.5, 0.6) is 0 Å². The van der Waals surface area contributed by atoms with Crippen molar-refractivity contribution in [2.45, 2.75) is 23.8 Å². The van der Waals surface area contributed by atoms with Crippen LogP contribution in [0, 0.1) is 0 Å². The van der Waals surface area contributed by atoms with Crippen molar-refractivity contribution in [3.63, 3.8) is 0 Å². The molecule has 6 heteroatoms. The maximum Gasteiger partial charge on any atom is 0.210 e. The molecule has 1 aromatic carbocycles. The third kappa shape index (κ3) is 3.33. The van der Waals surface area contributed by atoms with Gasteiger partial charge in [0.25, 0.3) is 0 Å². The van der Waals surface area contributed by atoms with Gasteiger partial charge in [0.1, 0.15) is 5.75 Å². The van der Waals surface area contributed by atoms with Gasteiger partial charge >= 0.3 is 0 Å². The minimum atomic E-state index is -3.29. The summed E-state index contributed by atoms with van der Waals surface area (Å²) in [6.07, 6.45) is 3.00. The van der Waals surface area contributed by atoms with E-state index in [0.717, 1.165) is 12.0 Å². The lowest BCUT2D eigenvalue weighted by molar-refractivity contribution is 0.0990. The highest BCUT2D eigenvalue weighted by Gasteiger charge is 2.29. The molecule has 0 radical (unpaired) electrons. The Hall–Kier alpha value is -1.66. The normalized spacial score (nSPS) is 19.5. The fourth-order valence-corrected chi connectivity index (χ4v) is 3.94. The average Bonchev–Trinajstić information content (AvgIpc) is 2.97. The molecule has 0 unspecified atom stereocenters. The van der Waals surface area contributed by atoms with Crippen LogP contribution >= 0.6 is 0 Å². The lowest BCUT2D eigenvalue weighted by Crippen LogP contribution is -2.31. The second-order valence-corrected chi connectivity index (χ2v) is 7.41. The number of nitrogens with zero attached hydrogens (tertiary/aromatic N) is 1. The summed E-state index contributed by atoms with van der Waals surface area (Å²) >= 11 is 0. The number of hydrogen-bond acceptors (Lipinski definition) is 5. The SMILES string of the molecule is O=S(=O)(Cc1ncc(-c2ccccc2)o1)[C@H]1CCCOC1. The lowest BCUT2D eigenvalue weighted by Gasteiger charge is -2.21. The number of ether oxygens (including phenoxy) is 1. The highest BCUT2D eigenvalue weighted by molar-refractivity contribution is 7.91. The summed E-state index contributed by atoms with van der Waals surface area (Å²) < 4.78 is 35.5. The fraction of sp³-hybridized carbons (Fsp3) is 0.400. The van der Waals surface area contributed by atoms with Gasteiger partial charge < -0.3 is 9.15 Å². The first-order chi connectivity index (χ1) is 10.1. The zero-order chi connectivity index (χ0) is 14.7. The van der Waals surface area contributed by atoms with Crippen molar-refractivity contribution in [1.82, 2.24) is 4.98 Å². The number of aromatic nitrogens is 1. The summed E-state index contributed by atoms with van der Waals surface area (Å²) in [5.41, 5.74) is 0.884. The van der Waals surface area contributed by atoms with Crippen LogP contribution in [0.3, 0.4) is 0 Å². The number of benzene rings is 1. The zero-order valence-corrected chi connectivity index (χ0v) is 12.4. The van der Waals surface area contributed by atoms with Crippen LogP contribution in [0.15, 0.2) is 40.9 Å². The van der Waals surface area contributed by atoms with Gasteiger partial charge in [-0.05, 0) is 12.8 Å². The predicted octanol–water partition coefficient (Wildman–Crippen LogP) is 2.44. The van der Waals surface area contributed by atoms with Crippen molar-refractivity contribution in [1.29, 1.82) is 0 Å². The highest BCUT2D eigenvalue weighted by atomic mass is 32.2. The largest absolute Gasteiger partial charge is 0.440 e.